The van der Waals surface area contributed by atoms with Crippen LogP contribution in [0.5, 0.6) is 11.5 Å². The van der Waals surface area contributed by atoms with Gasteiger partial charge in [-0.1, -0.05) is 47.5 Å². The van der Waals surface area contributed by atoms with Gasteiger partial charge in [0.05, 0.1) is 35.5 Å². The molecule has 0 heterocycles. The van der Waals surface area contributed by atoms with Crippen LogP contribution in [-0.4, -0.2) is 25.8 Å². The van der Waals surface area contributed by atoms with Crippen molar-refractivity contribution in [3.8, 4) is 11.5 Å². The topological polar surface area (TPSA) is 59.9 Å². The number of ether oxygens (including phenoxy) is 2. The summed E-state index contributed by atoms with van der Waals surface area (Å²) in [6, 6.07) is 14.6. The number of nitrogens with zero attached hydrogens (tertiary/aromatic N) is 1. The molecule has 3 aromatic carbocycles. The summed E-state index contributed by atoms with van der Waals surface area (Å²) in [5.41, 5.74) is 3.52. The second-order valence-corrected chi connectivity index (χ2v) is 6.66. The Morgan fingerprint density at radius 2 is 1.75 bits per heavy atom. The molecule has 0 aliphatic carbocycles. The van der Waals surface area contributed by atoms with Crippen molar-refractivity contribution in [2.24, 2.45) is 5.10 Å². The number of carbonyl (C=O) groups excluding carboxylic acids is 1. The van der Waals surface area contributed by atoms with Crippen molar-refractivity contribution in [2.75, 3.05) is 13.7 Å². The quantitative estimate of drug-likeness (QED) is 0.436. The number of hydrazone groups is 1. The van der Waals surface area contributed by atoms with Crippen LogP contribution in [0, 0.1) is 0 Å². The fourth-order valence-electron chi connectivity index (χ4n) is 2.73. The van der Waals surface area contributed by atoms with E-state index in [0.29, 0.717) is 39.3 Å². The van der Waals surface area contributed by atoms with Crippen molar-refractivity contribution in [1.29, 1.82) is 0 Å². The van der Waals surface area contributed by atoms with Gasteiger partial charge >= 0.3 is 0 Å². The molecule has 0 saturated heterocycles. The highest BCUT2D eigenvalue weighted by molar-refractivity contribution is 6.37. The Hall–Kier alpha value is -2.76. The molecule has 1 N–H and O–H groups in total. The molecule has 0 bridgehead atoms. The molecule has 0 atom stereocenters. The van der Waals surface area contributed by atoms with Crippen LogP contribution < -0.4 is 14.9 Å². The Kier molecular flexibility index (Phi) is 6.39. The maximum Gasteiger partial charge on any atom is 0.275 e. The summed E-state index contributed by atoms with van der Waals surface area (Å²) in [6.45, 7) is 2.30. The van der Waals surface area contributed by atoms with Crippen molar-refractivity contribution in [3.63, 3.8) is 0 Å². The van der Waals surface area contributed by atoms with Gasteiger partial charge in [-0.25, -0.2) is 5.43 Å². The number of rotatable bonds is 6. The molecule has 0 unspecified atom stereocenters. The van der Waals surface area contributed by atoms with E-state index >= 15 is 0 Å². The molecule has 1 amide bonds. The fraction of sp³-hybridized carbons (Fsp3) is 0.143. The second kappa shape index (κ2) is 8.95. The Morgan fingerprint density at radius 1 is 1.11 bits per heavy atom. The van der Waals surface area contributed by atoms with Crippen LogP contribution >= 0.6 is 23.2 Å². The summed E-state index contributed by atoms with van der Waals surface area (Å²) in [6.07, 6.45) is 1.46. The third-order valence-corrected chi connectivity index (χ3v) is 4.56. The van der Waals surface area contributed by atoms with Gasteiger partial charge < -0.3 is 9.47 Å². The van der Waals surface area contributed by atoms with E-state index in [-0.39, 0.29) is 5.91 Å². The number of hydrogen-bond donors (Lipinski definition) is 1. The number of carbonyl (C=O) groups is 1. The van der Waals surface area contributed by atoms with Crippen LogP contribution in [0.1, 0.15) is 22.8 Å². The minimum atomic E-state index is -0.387. The minimum Gasteiger partial charge on any atom is -0.496 e. The first-order valence-corrected chi connectivity index (χ1v) is 9.31. The Labute approximate surface area is 172 Å². The van der Waals surface area contributed by atoms with Crippen molar-refractivity contribution < 1.29 is 14.3 Å². The predicted octanol–water partition coefficient (Wildman–Crippen LogP) is 5.32. The zero-order valence-electron chi connectivity index (χ0n) is 15.3. The Balaban J connectivity index is 1.79. The number of methoxy groups -OCH3 is 1. The van der Waals surface area contributed by atoms with E-state index in [9.17, 15) is 4.79 Å². The third-order valence-electron chi connectivity index (χ3n) is 4.00. The van der Waals surface area contributed by atoms with E-state index in [0.717, 1.165) is 10.8 Å². The fourth-order valence-corrected chi connectivity index (χ4v) is 3.34. The minimum absolute atomic E-state index is 0.373. The zero-order valence-corrected chi connectivity index (χ0v) is 16.8. The van der Waals surface area contributed by atoms with Crippen molar-refractivity contribution in [2.45, 2.75) is 6.92 Å². The molecule has 28 heavy (non-hydrogen) atoms. The molecule has 0 fully saturated rings. The predicted molar refractivity (Wildman–Crippen MR) is 113 cm³/mol. The van der Waals surface area contributed by atoms with Crippen LogP contribution in [0.2, 0.25) is 10.0 Å². The van der Waals surface area contributed by atoms with E-state index in [1.807, 2.05) is 37.3 Å². The normalized spacial score (nSPS) is 11.0. The van der Waals surface area contributed by atoms with Crippen LogP contribution in [0.3, 0.4) is 0 Å². The first-order chi connectivity index (χ1) is 13.5. The molecule has 0 aromatic heterocycles. The van der Waals surface area contributed by atoms with E-state index in [1.54, 1.807) is 18.2 Å². The average Bonchev–Trinajstić information content (AvgIpc) is 2.69. The number of amides is 1. The highest BCUT2D eigenvalue weighted by Gasteiger charge is 2.13. The molecule has 0 aliphatic heterocycles. The van der Waals surface area contributed by atoms with E-state index < -0.39 is 0 Å². The smallest absolute Gasteiger partial charge is 0.275 e. The monoisotopic (exact) mass is 416 g/mol. The second-order valence-electron chi connectivity index (χ2n) is 5.85. The third kappa shape index (κ3) is 4.38. The van der Waals surface area contributed by atoms with E-state index in [2.05, 4.69) is 10.5 Å². The molecule has 3 rings (SSSR count). The SMILES string of the molecule is CCOc1c(Cl)cc(/C=N\NC(=O)c2cc3ccccc3cc2OC)cc1Cl. The van der Waals surface area contributed by atoms with Crippen molar-refractivity contribution in [1.82, 2.24) is 5.43 Å². The first-order valence-electron chi connectivity index (χ1n) is 8.55. The summed E-state index contributed by atoms with van der Waals surface area (Å²) >= 11 is 12.3. The Bertz CT molecular complexity index is 1030. The Morgan fingerprint density at radius 3 is 2.36 bits per heavy atom. The number of benzene rings is 3. The molecular formula is C21H18Cl2N2O3. The highest BCUT2D eigenvalue weighted by atomic mass is 35.5. The summed E-state index contributed by atoms with van der Waals surface area (Å²) in [5.74, 6) is 0.508. The van der Waals surface area contributed by atoms with E-state index in [4.69, 9.17) is 32.7 Å². The maximum atomic E-state index is 12.6. The summed E-state index contributed by atoms with van der Waals surface area (Å²) < 4.78 is 10.7. The largest absolute Gasteiger partial charge is 0.496 e. The van der Waals surface area contributed by atoms with Gasteiger partial charge in [0.1, 0.15) is 5.75 Å². The van der Waals surface area contributed by atoms with Crippen LogP contribution in [0.25, 0.3) is 10.8 Å². The van der Waals surface area contributed by atoms with Crippen molar-refractivity contribution in [3.05, 3.63) is 69.7 Å². The van der Waals surface area contributed by atoms with Gasteiger partial charge in [-0.15, -0.1) is 0 Å². The standard InChI is InChI=1S/C21H18Cl2N2O3/c1-3-28-20-17(22)8-13(9-18(20)23)12-24-25-21(26)16-10-14-6-4-5-7-15(14)11-19(16)27-2/h4-12H,3H2,1-2H3,(H,25,26)/b24-12-. The van der Waals surface area contributed by atoms with Gasteiger partial charge in [0, 0.05) is 0 Å². The van der Waals surface area contributed by atoms with Crippen molar-refractivity contribution >= 4 is 46.1 Å². The molecule has 0 spiro atoms. The lowest BCUT2D eigenvalue weighted by atomic mass is 10.1. The summed E-state index contributed by atoms with van der Waals surface area (Å²) in [4.78, 5) is 12.6. The van der Waals surface area contributed by atoms with Gasteiger partial charge in [0.2, 0.25) is 0 Å². The number of hydrogen-bond acceptors (Lipinski definition) is 4. The molecule has 3 aromatic rings. The molecule has 0 saturated carbocycles. The first kappa shape index (κ1) is 20.0. The zero-order chi connectivity index (χ0) is 20.1. The lowest BCUT2D eigenvalue weighted by molar-refractivity contribution is 0.0952. The molecule has 144 valence electrons. The number of fused-ring (bicyclic) bond motifs is 1. The summed E-state index contributed by atoms with van der Waals surface area (Å²) in [7, 11) is 1.52. The van der Waals surface area contributed by atoms with E-state index in [1.165, 1.54) is 13.3 Å². The number of nitrogens with one attached hydrogen (secondary N) is 1. The van der Waals surface area contributed by atoms with Gasteiger partial charge in [-0.2, -0.15) is 5.10 Å². The molecular weight excluding hydrogens is 399 g/mol. The molecule has 7 heteroatoms. The van der Waals surface area contributed by atoms with Gasteiger partial charge in [-0.3, -0.25) is 4.79 Å². The van der Waals surface area contributed by atoms with Crippen LogP contribution in [0.4, 0.5) is 0 Å². The average molecular weight is 417 g/mol. The van der Waals surface area contributed by atoms with Crippen LogP contribution in [-0.2, 0) is 0 Å². The highest BCUT2D eigenvalue weighted by Crippen LogP contribution is 2.33. The molecule has 0 radical (unpaired) electrons. The molecule has 5 nitrogen and oxygen atoms in total. The number of halogens is 2. The lowest BCUT2D eigenvalue weighted by Gasteiger charge is -2.09. The van der Waals surface area contributed by atoms with Gasteiger partial charge in [0.15, 0.2) is 5.75 Å². The van der Waals surface area contributed by atoms with Gasteiger partial charge in [-0.05, 0) is 47.5 Å². The van der Waals surface area contributed by atoms with Crippen LogP contribution in [0.15, 0.2) is 53.6 Å². The lowest BCUT2D eigenvalue weighted by Crippen LogP contribution is -2.18. The summed E-state index contributed by atoms with van der Waals surface area (Å²) in [5, 5.41) is 6.66. The molecule has 0 aliphatic rings. The maximum absolute atomic E-state index is 12.6. The van der Waals surface area contributed by atoms with Gasteiger partial charge in [0.25, 0.3) is 5.91 Å².